The largest absolute Gasteiger partial charge is 0.374 e. The lowest BCUT2D eigenvalue weighted by molar-refractivity contribution is -0.121. The molecular weight excluding hydrogens is 313 g/mol. The molecule has 19 heavy (non-hydrogen) atoms. The molecule has 0 radical (unpaired) electrons. The van der Waals surface area contributed by atoms with E-state index in [4.69, 9.17) is 4.74 Å². The number of ether oxygens (including phenoxy) is 1. The van der Waals surface area contributed by atoms with Crippen molar-refractivity contribution >= 4 is 27.5 Å². The van der Waals surface area contributed by atoms with Crippen LogP contribution in [-0.4, -0.2) is 18.1 Å². The fourth-order valence-corrected chi connectivity index (χ4v) is 2.98. The molecule has 0 bridgehead atoms. The molecule has 2 rings (SSSR count). The predicted octanol–water partition coefficient (Wildman–Crippen LogP) is 3.59. The Labute approximate surface area is 120 Å². The summed E-state index contributed by atoms with van der Waals surface area (Å²) < 4.78 is 19.2. The first kappa shape index (κ1) is 14.5. The molecule has 1 heterocycles. The summed E-state index contributed by atoms with van der Waals surface area (Å²) in [6.07, 6.45) is -0.0355. The molecular formula is C14H17BrFNO2. The fourth-order valence-electron chi connectivity index (χ4n) is 2.53. The molecule has 1 N–H and O–H groups in total. The SMILES string of the molecule is CC1OC(C)C(C(=O)Nc2ccc(F)cc2Br)C1C. The van der Waals surface area contributed by atoms with E-state index in [2.05, 4.69) is 21.2 Å². The molecule has 1 aliphatic heterocycles. The Balaban J connectivity index is 2.13. The number of hydrogen-bond donors (Lipinski definition) is 1. The van der Waals surface area contributed by atoms with Gasteiger partial charge < -0.3 is 10.1 Å². The topological polar surface area (TPSA) is 38.3 Å². The maximum atomic E-state index is 13.0. The van der Waals surface area contributed by atoms with Crippen molar-refractivity contribution in [2.45, 2.75) is 33.0 Å². The van der Waals surface area contributed by atoms with Crippen LogP contribution >= 0.6 is 15.9 Å². The van der Waals surface area contributed by atoms with Crippen molar-refractivity contribution in [2.75, 3.05) is 5.32 Å². The van der Waals surface area contributed by atoms with Gasteiger partial charge in [-0.05, 0) is 53.9 Å². The average Bonchev–Trinajstić information content (AvgIpc) is 2.57. The first-order chi connectivity index (χ1) is 8.90. The molecule has 3 nitrogen and oxygen atoms in total. The molecule has 1 amide bonds. The monoisotopic (exact) mass is 329 g/mol. The first-order valence-electron chi connectivity index (χ1n) is 6.31. The Kier molecular flexibility index (Phi) is 4.26. The zero-order valence-corrected chi connectivity index (χ0v) is 12.7. The molecule has 0 aromatic heterocycles. The maximum Gasteiger partial charge on any atom is 0.230 e. The number of amides is 1. The summed E-state index contributed by atoms with van der Waals surface area (Å²) in [6.45, 7) is 5.89. The summed E-state index contributed by atoms with van der Waals surface area (Å²) in [4.78, 5) is 12.3. The molecule has 4 unspecified atom stereocenters. The number of nitrogens with one attached hydrogen (secondary N) is 1. The summed E-state index contributed by atoms with van der Waals surface area (Å²) >= 11 is 3.24. The Bertz CT molecular complexity index is 494. The molecule has 0 aliphatic carbocycles. The third-order valence-electron chi connectivity index (χ3n) is 3.73. The second kappa shape index (κ2) is 5.59. The van der Waals surface area contributed by atoms with Crippen LogP contribution in [0.15, 0.2) is 22.7 Å². The van der Waals surface area contributed by atoms with Crippen molar-refractivity contribution in [2.24, 2.45) is 11.8 Å². The Morgan fingerprint density at radius 3 is 2.53 bits per heavy atom. The minimum atomic E-state index is -0.343. The van der Waals surface area contributed by atoms with Crippen LogP contribution in [0.2, 0.25) is 0 Å². The minimum absolute atomic E-state index is 0.0717. The molecule has 104 valence electrons. The minimum Gasteiger partial charge on any atom is -0.374 e. The lowest BCUT2D eigenvalue weighted by Crippen LogP contribution is -2.32. The summed E-state index contributed by atoms with van der Waals surface area (Å²) in [7, 11) is 0. The molecule has 1 aromatic carbocycles. The smallest absolute Gasteiger partial charge is 0.230 e. The summed E-state index contributed by atoms with van der Waals surface area (Å²) in [5, 5.41) is 2.83. The summed E-state index contributed by atoms with van der Waals surface area (Å²) in [6, 6.07) is 4.20. The number of halogens is 2. The van der Waals surface area contributed by atoms with Crippen LogP contribution in [-0.2, 0) is 9.53 Å². The standard InChI is InChI=1S/C14H17BrFNO2/c1-7-8(2)19-9(3)13(7)14(18)17-12-5-4-10(16)6-11(12)15/h4-9,13H,1-3H3,(H,17,18). The van der Waals surface area contributed by atoms with Gasteiger partial charge in [0.2, 0.25) is 5.91 Å². The first-order valence-corrected chi connectivity index (χ1v) is 7.11. The van der Waals surface area contributed by atoms with E-state index >= 15 is 0 Å². The van der Waals surface area contributed by atoms with Crippen LogP contribution < -0.4 is 5.32 Å². The van der Waals surface area contributed by atoms with E-state index in [1.807, 2.05) is 20.8 Å². The molecule has 1 fully saturated rings. The van der Waals surface area contributed by atoms with Gasteiger partial charge in [-0.3, -0.25) is 4.79 Å². The van der Waals surface area contributed by atoms with Crippen molar-refractivity contribution < 1.29 is 13.9 Å². The van der Waals surface area contributed by atoms with E-state index in [1.165, 1.54) is 12.1 Å². The molecule has 1 aliphatic rings. The summed E-state index contributed by atoms with van der Waals surface area (Å²) in [5.74, 6) is -0.456. The van der Waals surface area contributed by atoms with Crippen LogP contribution in [0.25, 0.3) is 0 Å². The van der Waals surface area contributed by atoms with E-state index in [9.17, 15) is 9.18 Å². The van der Waals surface area contributed by atoms with E-state index in [1.54, 1.807) is 6.07 Å². The van der Waals surface area contributed by atoms with Gasteiger partial charge in [0.05, 0.1) is 23.8 Å². The van der Waals surface area contributed by atoms with E-state index in [0.29, 0.717) is 10.2 Å². The molecule has 1 aromatic rings. The van der Waals surface area contributed by atoms with Gasteiger partial charge >= 0.3 is 0 Å². The van der Waals surface area contributed by atoms with Crippen molar-refractivity contribution in [3.8, 4) is 0 Å². The van der Waals surface area contributed by atoms with Gasteiger partial charge in [-0.25, -0.2) is 4.39 Å². The highest BCUT2D eigenvalue weighted by molar-refractivity contribution is 9.10. The third kappa shape index (κ3) is 2.98. The summed E-state index contributed by atoms with van der Waals surface area (Å²) in [5.41, 5.74) is 0.574. The molecule has 0 saturated carbocycles. The van der Waals surface area contributed by atoms with Gasteiger partial charge in [0, 0.05) is 4.47 Å². The molecule has 4 atom stereocenters. The second-order valence-corrected chi connectivity index (χ2v) is 5.90. The van der Waals surface area contributed by atoms with Crippen LogP contribution in [0, 0.1) is 17.7 Å². The lowest BCUT2D eigenvalue weighted by atomic mass is 9.89. The van der Waals surface area contributed by atoms with Crippen molar-refractivity contribution in [3.05, 3.63) is 28.5 Å². The maximum absolute atomic E-state index is 13.0. The highest BCUT2D eigenvalue weighted by atomic mass is 79.9. The Morgan fingerprint density at radius 2 is 2.00 bits per heavy atom. The quantitative estimate of drug-likeness (QED) is 0.900. The number of carbonyl (C=O) groups is 1. The predicted molar refractivity (Wildman–Crippen MR) is 75.4 cm³/mol. The molecule has 1 saturated heterocycles. The number of benzene rings is 1. The van der Waals surface area contributed by atoms with Gasteiger partial charge in [-0.2, -0.15) is 0 Å². The molecule has 0 spiro atoms. The third-order valence-corrected chi connectivity index (χ3v) is 4.39. The number of anilines is 1. The Morgan fingerprint density at radius 1 is 1.32 bits per heavy atom. The van der Waals surface area contributed by atoms with Gasteiger partial charge in [0.15, 0.2) is 0 Å². The van der Waals surface area contributed by atoms with E-state index in [0.717, 1.165) is 0 Å². The van der Waals surface area contributed by atoms with Crippen molar-refractivity contribution in [3.63, 3.8) is 0 Å². The van der Waals surface area contributed by atoms with Gasteiger partial charge in [-0.15, -0.1) is 0 Å². The molecule has 5 heteroatoms. The number of hydrogen-bond acceptors (Lipinski definition) is 2. The van der Waals surface area contributed by atoms with Gasteiger partial charge in [0.25, 0.3) is 0 Å². The van der Waals surface area contributed by atoms with Crippen molar-refractivity contribution in [1.82, 2.24) is 0 Å². The second-order valence-electron chi connectivity index (χ2n) is 5.04. The van der Waals surface area contributed by atoms with Crippen LogP contribution in [0.4, 0.5) is 10.1 Å². The van der Waals surface area contributed by atoms with E-state index < -0.39 is 0 Å². The van der Waals surface area contributed by atoms with Gasteiger partial charge in [-0.1, -0.05) is 6.92 Å². The van der Waals surface area contributed by atoms with Gasteiger partial charge in [0.1, 0.15) is 5.82 Å². The van der Waals surface area contributed by atoms with Crippen LogP contribution in [0.5, 0.6) is 0 Å². The highest BCUT2D eigenvalue weighted by Gasteiger charge is 2.41. The zero-order chi connectivity index (χ0) is 14.2. The highest BCUT2D eigenvalue weighted by Crippen LogP contribution is 2.33. The fraction of sp³-hybridized carbons (Fsp3) is 0.500. The lowest BCUT2D eigenvalue weighted by Gasteiger charge is -2.18. The van der Waals surface area contributed by atoms with Crippen LogP contribution in [0.3, 0.4) is 0 Å². The zero-order valence-electron chi connectivity index (χ0n) is 11.1. The Hall–Kier alpha value is -0.940. The van der Waals surface area contributed by atoms with Crippen LogP contribution in [0.1, 0.15) is 20.8 Å². The normalized spacial score (nSPS) is 30.4. The van der Waals surface area contributed by atoms with Crippen molar-refractivity contribution in [1.29, 1.82) is 0 Å². The van der Waals surface area contributed by atoms with E-state index in [-0.39, 0.29) is 35.8 Å². The average molecular weight is 330 g/mol. The number of rotatable bonds is 2. The number of carbonyl (C=O) groups excluding carboxylic acids is 1.